The van der Waals surface area contributed by atoms with E-state index in [1.165, 1.54) is 0 Å². The van der Waals surface area contributed by atoms with Crippen LogP contribution in [0.2, 0.25) is 0 Å². The minimum Gasteiger partial charge on any atom is -0.493 e. The van der Waals surface area contributed by atoms with Crippen LogP contribution in [0.25, 0.3) is 0 Å². The van der Waals surface area contributed by atoms with E-state index < -0.39 is 11.9 Å². The number of halogens is 1. The van der Waals surface area contributed by atoms with Gasteiger partial charge in [0.2, 0.25) is 0 Å². The summed E-state index contributed by atoms with van der Waals surface area (Å²) in [5.74, 6) is -0.967. The molecule has 1 unspecified atom stereocenters. The molecule has 1 aromatic carbocycles. The zero-order valence-corrected chi connectivity index (χ0v) is 13.4. The smallest absolute Gasteiger partial charge is 0.308 e. The number of aliphatic carboxylic acids is 1. The molecule has 1 atom stereocenters. The van der Waals surface area contributed by atoms with Crippen LogP contribution in [0.4, 0.5) is 0 Å². The van der Waals surface area contributed by atoms with Crippen LogP contribution in [0, 0.1) is 5.92 Å². The Hall–Kier alpha value is -1.56. The number of likely N-dealkylation sites (tertiary alicyclic amines) is 1. The summed E-state index contributed by atoms with van der Waals surface area (Å²) in [5, 5.41) is 9.12. The molecule has 0 bridgehead atoms. The fourth-order valence-electron chi connectivity index (χ4n) is 2.48. The maximum atomic E-state index is 12.6. The van der Waals surface area contributed by atoms with Gasteiger partial charge in [-0.1, -0.05) is 15.9 Å². The van der Waals surface area contributed by atoms with Gasteiger partial charge in [0.05, 0.1) is 18.1 Å². The molecule has 5 nitrogen and oxygen atoms in total. The molecule has 1 N–H and O–H groups in total. The lowest BCUT2D eigenvalue weighted by Crippen LogP contribution is -2.42. The highest BCUT2D eigenvalue weighted by atomic mass is 79.9. The Bertz CT molecular complexity index is 546. The van der Waals surface area contributed by atoms with Crippen molar-refractivity contribution in [2.24, 2.45) is 5.92 Å². The number of amides is 1. The van der Waals surface area contributed by atoms with E-state index in [2.05, 4.69) is 15.9 Å². The Kier molecular flexibility index (Phi) is 5.22. The van der Waals surface area contributed by atoms with Crippen molar-refractivity contribution in [1.29, 1.82) is 0 Å². The van der Waals surface area contributed by atoms with Crippen LogP contribution >= 0.6 is 15.9 Å². The molecular formula is C15H18BrNO4. The Labute approximate surface area is 132 Å². The fourth-order valence-corrected chi connectivity index (χ4v) is 2.85. The van der Waals surface area contributed by atoms with E-state index in [4.69, 9.17) is 9.84 Å². The molecule has 0 aliphatic carbocycles. The third-order valence-corrected chi connectivity index (χ3v) is 4.02. The first-order valence-electron chi connectivity index (χ1n) is 6.97. The van der Waals surface area contributed by atoms with Crippen molar-refractivity contribution in [2.75, 3.05) is 19.7 Å². The topological polar surface area (TPSA) is 66.8 Å². The lowest BCUT2D eigenvalue weighted by atomic mass is 9.97. The number of benzene rings is 1. The van der Waals surface area contributed by atoms with Crippen LogP contribution in [-0.4, -0.2) is 41.6 Å². The highest BCUT2D eigenvalue weighted by Gasteiger charge is 2.29. The van der Waals surface area contributed by atoms with Gasteiger partial charge in [-0.05, 0) is 38.0 Å². The molecule has 21 heavy (non-hydrogen) atoms. The van der Waals surface area contributed by atoms with Crippen molar-refractivity contribution >= 4 is 27.8 Å². The lowest BCUT2D eigenvalue weighted by Gasteiger charge is -2.31. The number of carbonyl (C=O) groups excluding carboxylic acids is 1. The quantitative estimate of drug-likeness (QED) is 0.901. The van der Waals surface area contributed by atoms with Crippen LogP contribution in [0.1, 0.15) is 30.1 Å². The Morgan fingerprint density at radius 1 is 1.48 bits per heavy atom. The van der Waals surface area contributed by atoms with Crippen molar-refractivity contribution in [1.82, 2.24) is 4.90 Å². The van der Waals surface area contributed by atoms with Crippen LogP contribution in [0.3, 0.4) is 0 Å². The number of nitrogens with zero attached hydrogens (tertiary/aromatic N) is 1. The van der Waals surface area contributed by atoms with Crippen molar-refractivity contribution in [3.8, 4) is 5.75 Å². The molecule has 0 saturated carbocycles. The first-order chi connectivity index (χ1) is 10.0. The summed E-state index contributed by atoms with van der Waals surface area (Å²) in [6.07, 6.45) is 1.33. The largest absolute Gasteiger partial charge is 0.493 e. The summed E-state index contributed by atoms with van der Waals surface area (Å²) in [6.45, 7) is 3.17. The van der Waals surface area contributed by atoms with Crippen molar-refractivity contribution in [3.63, 3.8) is 0 Å². The zero-order chi connectivity index (χ0) is 15.4. The fraction of sp³-hybridized carbons (Fsp3) is 0.467. The monoisotopic (exact) mass is 355 g/mol. The molecule has 6 heteroatoms. The van der Waals surface area contributed by atoms with E-state index in [1.807, 2.05) is 13.0 Å². The van der Waals surface area contributed by atoms with Gasteiger partial charge in [0.1, 0.15) is 5.75 Å². The summed E-state index contributed by atoms with van der Waals surface area (Å²) in [5.41, 5.74) is 0.470. The number of hydrogen-bond donors (Lipinski definition) is 1. The maximum absolute atomic E-state index is 12.6. The van der Waals surface area contributed by atoms with E-state index in [0.717, 1.165) is 4.47 Å². The van der Waals surface area contributed by atoms with Gasteiger partial charge in [0.15, 0.2) is 0 Å². The third-order valence-electron chi connectivity index (χ3n) is 3.53. The first-order valence-corrected chi connectivity index (χ1v) is 7.76. The molecule has 1 aromatic rings. The summed E-state index contributed by atoms with van der Waals surface area (Å²) >= 11 is 3.35. The summed E-state index contributed by atoms with van der Waals surface area (Å²) in [6, 6.07) is 5.29. The second kappa shape index (κ2) is 6.93. The number of ether oxygens (including phenoxy) is 1. The average Bonchev–Trinajstić information content (AvgIpc) is 2.48. The molecule has 0 spiro atoms. The number of carbonyl (C=O) groups is 2. The Balaban J connectivity index is 2.22. The van der Waals surface area contributed by atoms with Gasteiger partial charge in [-0.2, -0.15) is 0 Å². The minimum atomic E-state index is -0.841. The minimum absolute atomic E-state index is 0.175. The molecule has 114 valence electrons. The molecule has 0 radical (unpaired) electrons. The maximum Gasteiger partial charge on any atom is 0.308 e. The van der Waals surface area contributed by atoms with E-state index in [-0.39, 0.29) is 12.5 Å². The second-order valence-corrected chi connectivity index (χ2v) is 5.92. The number of carboxylic acid groups (broad SMARTS) is 1. The average molecular weight is 356 g/mol. The van der Waals surface area contributed by atoms with Gasteiger partial charge >= 0.3 is 5.97 Å². The molecule has 1 heterocycles. The van der Waals surface area contributed by atoms with E-state index in [0.29, 0.717) is 37.3 Å². The Morgan fingerprint density at radius 2 is 2.24 bits per heavy atom. The van der Waals surface area contributed by atoms with E-state index in [9.17, 15) is 9.59 Å². The SMILES string of the molecule is CCOc1ccc(Br)cc1C(=O)N1CCCC(C(=O)O)C1. The van der Waals surface area contributed by atoms with Gasteiger partial charge in [0.25, 0.3) is 5.91 Å². The molecule has 1 aliphatic heterocycles. The van der Waals surface area contributed by atoms with E-state index >= 15 is 0 Å². The van der Waals surface area contributed by atoms with Crippen LogP contribution < -0.4 is 4.74 Å². The van der Waals surface area contributed by atoms with E-state index in [1.54, 1.807) is 17.0 Å². The molecule has 1 saturated heterocycles. The summed E-state index contributed by atoms with van der Waals surface area (Å²) < 4.78 is 6.29. The predicted octanol–water partition coefficient (Wildman–Crippen LogP) is 2.78. The highest BCUT2D eigenvalue weighted by Crippen LogP contribution is 2.27. The van der Waals surface area contributed by atoms with Crippen molar-refractivity contribution in [3.05, 3.63) is 28.2 Å². The highest BCUT2D eigenvalue weighted by molar-refractivity contribution is 9.10. The summed E-state index contributed by atoms with van der Waals surface area (Å²) in [7, 11) is 0. The molecule has 1 aliphatic rings. The van der Waals surface area contributed by atoms with Gasteiger partial charge in [-0.25, -0.2) is 0 Å². The van der Waals surface area contributed by atoms with Gasteiger partial charge < -0.3 is 14.7 Å². The van der Waals surface area contributed by atoms with Crippen molar-refractivity contribution in [2.45, 2.75) is 19.8 Å². The molecular weight excluding hydrogens is 338 g/mol. The van der Waals surface area contributed by atoms with Gasteiger partial charge in [0, 0.05) is 17.6 Å². The Morgan fingerprint density at radius 3 is 2.90 bits per heavy atom. The normalized spacial score (nSPS) is 18.4. The third kappa shape index (κ3) is 3.75. The predicted molar refractivity (Wildman–Crippen MR) is 81.6 cm³/mol. The van der Waals surface area contributed by atoms with Gasteiger partial charge in [-0.3, -0.25) is 9.59 Å². The molecule has 2 rings (SSSR count). The van der Waals surface area contributed by atoms with Crippen molar-refractivity contribution < 1.29 is 19.4 Å². The standard InChI is InChI=1S/C15H18BrNO4/c1-2-21-13-6-5-11(16)8-12(13)14(18)17-7-3-4-10(9-17)15(19)20/h5-6,8,10H,2-4,7,9H2,1H3,(H,19,20). The molecule has 1 amide bonds. The molecule has 1 fully saturated rings. The van der Waals surface area contributed by atoms with Gasteiger partial charge in [-0.15, -0.1) is 0 Å². The second-order valence-electron chi connectivity index (χ2n) is 5.00. The zero-order valence-electron chi connectivity index (χ0n) is 11.8. The van der Waals surface area contributed by atoms with Crippen LogP contribution in [0.5, 0.6) is 5.75 Å². The summed E-state index contributed by atoms with van der Waals surface area (Å²) in [4.78, 5) is 25.4. The number of piperidine rings is 1. The van der Waals surface area contributed by atoms with Crippen LogP contribution in [0.15, 0.2) is 22.7 Å². The first kappa shape index (κ1) is 15.8. The number of carboxylic acids is 1. The van der Waals surface area contributed by atoms with Crippen LogP contribution in [-0.2, 0) is 4.79 Å². The number of hydrogen-bond acceptors (Lipinski definition) is 3. The lowest BCUT2D eigenvalue weighted by molar-refractivity contribution is -0.143. The molecule has 0 aromatic heterocycles. The number of rotatable bonds is 4.